The van der Waals surface area contributed by atoms with Crippen LogP contribution in [0, 0.1) is 32.7 Å². The predicted molar refractivity (Wildman–Crippen MR) is 132 cm³/mol. The van der Waals surface area contributed by atoms with Crippen LogP contribution in [0.1, 0.15) is 28.4 Å². The second-order valence-corrected chi connectivity index (χ2v) is 8.92. The molecule has 0 atom stereocenters. The molecule has 0 aromatic heterocycles. The first-order chi connectivity index (χ1) is 17.5. The number of anilines is 1. The van der Waals surface area contributed by atoms with Gasteiger partial charge in [-0.2, -0.15) is 10.1 Å². The molecular weight excluding hydrogens is 614 g/mol. The monoisotopic (exact) mass is 628 g/mol. The van der Waals surface area contributed by atoms with Crippen LogP contribution in [0.4, 0.5) is 27.6 Å². The molecule has 4 rings (SSSR count). The Bertz CT molecular complexity index is 1480. The molecule has 1 N–H and O–H groups in total. The molecule has 1 amide bonds. The van der Waals surface area contributed by atoms with Gasteiger partial charge in [0.15, 0.2) is 23.3 Å². The van der Waals surface area contributed by atoms with Gasteiger partial charge in [0.2, 0.25) is 5.82 Å². The Morgan fingerprint density at radius 3 is 2.16 bits per heavy atom. The number of hydrazone groups is 1. The van der Waals surface area contributed by atoms with Crippen molar-refractivity contribution < 1.29 is 41.4 Å². The highest BCUT2D eigenvalue weighted by atomic mass is 127. The quantitative estimate of drug-likeness (QED) is 0.118. The second kappa shape index (κ2) is 10.3. The molecule has 1 aliphatic rings. The molecule has 0 spiro atoms. The van der Waals surface area contributed by atoms with Crippen LogP contribution in [0.3, 0.4) is 0 Å². The maximum atomic E-state index is 14.2. The van der Waals surface area contributed by atoms with Crippen LogP contribution < -0.4 is 9.75 Å². The molecule has 0 bridgehead atoms. The molecule has 1 aliphatic heterocycles. The first kappa shape index (κ1) is 26.3. The average molecular weight is 628 g/mol. The largest absolute Gasteiger partial charge is 0.488 e. The summed E-state index contributed by atoms with van der Waals surface area (Å²) in [6.45, 7) is 1.52. The molecular formula is C25H14F5IN2O4. The van der Waals surface area contributed by atoms with Crippen molar-refractivity contribution >= 4 is 51.9 Å². The molecule has 6 nitrogen and oxygen atoms in total. The van der Waals surface area contributed by atoms with Gasteiger partial charge in [-0.1, -0.05) is 18.2 Å². The molecule has 0 radical (unpaired) electrons. The summed E-state index contributed by atoms with van der Waals surface area (Å²) in [6, 6.07) is 11.0. The van der Waals surface area contributed by atoms with Crippen molar-refractivity contribution in [2.24, 2.45) is 5.10 Å². The third-order valence-corrected chi connectivity index (χ3v) is 6.17. The van der Waals surface area contributed by atoms with Gasteiger partial charge in [0.1, 0.15) is 18.0 Å². The Morgan fingerprint density at radius 2 is 1.59 bits per heavy atom. The molecule has 0 unspecified atom stereocenters. The Balaban J connectivity index is 1.55. The summed E-state index contributed by atoms with van der Waals surface area (Å²) in [5.41, 5.74) is -0.182. The van der Waals surface area contributed by atoms with Crippen LogP contribution in [0.2, 0.25) is 0 Å². The van der Waals surface area contributed by atoms with Gasteiger partial charge in [0, 0.05) is 0 Å². The molecule has 3 aromatic carbocycles. The summed E-state index contributed by atoms with van der Waals surface area (Å²) >= 11 is 2.00. The molecule has 190 valence electrons. The summed E-state index contributed by atoms with van der Waals surface area (Å²) in [5, 5.41) is 12.8. The van der Waals surface area contributed by atoms with Crippen molar-refractivity contribution in [3.63, 3.8) is 0 Å². The molecule has 1 heterocycles. The fraction of sp³-hybridized carbons (Fsp3) is 0.0800. The lowest BCUT2D eigenvalue weighted by atomic mass is 10.1. The highest BCUT2D eigenvalue weighted by molar-refractivity contribution is 14.1. The SMILES string of the molecule is CC1=NN(c2c(F)c(F)c(F)c(F)c2F)C(=O)/C1=C/c1ccc(OCc2ccc(C(=O)O)cc2)c(I)c1. The maximum Gasteiger partial charge on any atom is 0.335 e. The van der Waals surface area contributed by atoms with Gasteiger partial charge in [-0.05, 0) is 71.0 Å². The Kier molecular flexibility index (Phi) is 7.30. The Morgan fingerprint density at radius 1 is 1.00 bits per heavy atom. The molecule has 0 fully saturated rings. The smallest absolute Gasteiger partial charge is 0.335 e. The molecule has 3 aromatic rings. The number of nitrogens with zero attached hydrogens (tertiary/aromatic N) is 2. The zero-order valence-corrected chi connectivity index (χ0v) is 20.8. The number of carbonyl (C=O) groups excluding carboxylic acids is 1. The third-order valence-electron chi connectivity index (χ3n) is 5.32. The van der Waals surface area contributed by atoms with E-state index in [2.05, 4.69) is 5.10 Å². The normalized spacial score (nSPS) is 14.4. The van der Waals surface area contributed by atoms with Crippen molar-refractivity contribution in [1.82, 2.24) is 0 Å². The number of aromatic carboxylic acids is 1. The molecule has 0 saturated carbocycles. The van der Waals surface area contributed by atoms with E-state index >= 15 is 0 Å². The van der Waals surface area contributed by atoms with E-state index in [1.54, 1.807) is 30.3 Å². The van der Waals surface area contributed by atoms with E-state index in [4.69, 9.17) is 9.84 Å². The maximum absolute atomic E-state index is 14.2. The minimum Gasteiger partial charge on any atom is -0.488 e. The van der Waals surface area contributed by atoms with Crippen LogP contribution in [-0.2, 0) is 11.4 Å². The Labute approximate surface area is 219 Å². The fourth-order valence-corrected chi connectivity index (χ4v) is 4.11. The van der Waals surface area contributed by atoms with E-state index < -0.39 is 46.6 Å². The number of hydrogen-bond donors (Lipinski definition) is 1. The number of carboxylic acids is 1. The van der Waals surface area contributed by atoms with Gasteiger partial charge < -0.3 is 9.84 Å². The summed E-state index contributed by atoms with van der Waals surface area (Å²) < 4.78 is 75.5. The van der Waals surface area contributed by atoms with Crippen LogP contribution >= 0.6 is 22.6 Å². The summed E-state index contributed by atoms with van der Waals surface area (Å²) in [6.07, 6.45) is 1.36. The van der Waals surface area contributed by atoms with E-state index in [-0.39, 0.29) is 28.5 Å². The zero-order valence-electron chi connectivity index (χ0n) is 18.7. The Hall–Kier alpha value is -3.81. The third kappa shape index (κ3) is 5.05. The van der Waals surface area contributed by atoms with Crippen molar-refractivity contribution in [2.75, 3.05) is 5.01 Å². The van der Waals surface area contributed by atoms with Crippen molar-refractivity contribution in [3.05, 3.63) is 97.4 Å². The van der Waals surface area contributed by atoms with Gasteiger partial charge in [-0.3, -0.25) is 4.79 Å². The number of halogens is 6. The van der Waals surface area contributed by atoms with E-state index in [1.807, 2.05) is 22.6 Å². The van der Waals surface area contributed by atoms with E-state index in [0.29, 0.717) is 14.9 Å². The summed E-state index contributed by atoms with van der Waals surface area (Å²) in [4.78, 5) is 23.8. The first-order valence-corrected chi connectivity index (χ1v) is 11.4. The average Bonchev–Trinajstić information content (AvgIpc) is 3.14. The van der Waals surface area contributed by atoms with E-state index in [0.717, 1.165) is 5.56 Å². The first-order valence-electron chi connectivity index (χ1n) is 10.4. The summed E-state index contributed by atoms with van der Waals surface area (Å²) in [7, 11) is 0. The predicted octanol–water partition coefficient (Wildman–Crippen LogP) is 6.07. The minimum absolute atomic E-state index is 0.00841. The van der Waals surface area contributed by atoms with Gasteiger partial charge in [0.05, 0.1) is 20.4 Å². The number of amides is 1. The van der Waals surface area contributed by atoms with Crippen LogP contribution in [0.5, 0.6) is 5.75 Å². The van der Waals surface area contributed by atoms with Gasteiger partial charge in [-0.15, -0.1) is 0 Å². The molecule has 0 saturated heterocycles. The van der Waals surface area contributed by atoms with Crippen molar-refractivity contribution in [2.45, 2.75) is 13.5 Å². The fourth-order valence-electron chi connectivity index (χ4n) is 3.41. The lowest BCUT2D eigenvalue weighted by Crippen LogP contribution is -2.25. The zero-order chi connectivity index (χ0) is 27.0. The van der Waals surface area contributed by atoms with Gasteiger partial charge in [-0.25, -0.2) is 26.7 Å². The number of benzene rings is 3. The highest BCUT2D eigenvalue weighted by Crippen LogP contribution is 2.34. The number of ether oxygens (including phenoxy) is 1. The van der Waals surface area contributed by atoms with Gasteiger partial charge >= 0.3 is 5.97 Å². The van der Waals surface area contributed by atoms with Crippen molar-refractivity contribution in [3.8, 4) is 5.75 Å². The number of hydrogen-bond acceptors (Lipinski definition) is 4. The standard InChI is InChI=1S/C25H14F5IN2O4/c1-11-15(24(34)33(32-11)23-21(29)19(27)18(26)20(28)22(23)30)8-13-4-7-17(16(31)9-13)37-10-12-2-5-14(6-3-12)25(35)36/h2-9H,10H2,1H3,(H,35,36)/b15-8+. The molecule has 12 heteroatoms. The lowest BCUT2D eigenvalue weighted by molar-refractivity contribution is -0.114. The molecule has 0 aliphatic carbocycles. The number of carbonyl (C=O) groups is 2. The summed E-state index contributed by atoms with van der Waals surface area (Å²) in [5.74, 6) is -12.7. The van der Waals surface area contributed by atoms with Crippen LogP contribution in [0.15, 0.2) is 53.1 Å². The van der Waals surface area contributed by atoms with Crippen LogP contribution in [-0.4, -0.2) is 22.7 Å². The van der Waals surface area contributed by atoms with Crippen LogP contribution in [0.25, 0.3) is 6.08 Å². The highest BCUT2D eigenvalue weighted by Gasteiger charge is 2.37. The van der Waals surface area contributed by atoms with E-state index in [9.17, 15) is 31.5 Å². The van der Waals surface area contributed by atoms with E-state index in [1.165, 1.54) is 25.1 Å². The topological polar surface area (TPSA) is 79.2 Å². The number of carboxylic acid groups (broad SMARTS) is 1. The second-order valence-electron chi connectivity index (χ2n) is 7.76. The van der Waals surface area contributed by atoms with Crippen molar-refractivity contribution in [1.29, 1.82) is 0 Å². The minimum atomic E-state index is -2.34. The lowest BCUT2D eigenvalue weighted by Gasteiger charge is -2.15. The molecule has 37 heavy (non-hydrogen) atoms. The van der Waals surface area contributed by atoms with Gasteiger partial charge in [0.25, 0.3) is 5.91 Å². The number of rotatable bonds is 6.